The smallest absolute Gasteiger partial charge is 0.0807 e. The van der Waals surface area contributed by atoms with Crippen LogP contribution < -0.4 is 0 Å². The van der Waals surface area contributed by atoms with E-state index in [2.05, 4.69) is 37.8 Å². The molecule has 1 heterocycles. The van der Waals surface area contributed by atoms with E-state index in [1.54, 1.807) is 0 Å². The van der Waals surface area contributed by atoms with E-state index < -0.39 is 0 Å². The maximum atomic E-state index is 10.5. The quantitative estimate of drug-likeness (QED) is 0.896. The van der Waals surface area contributed by atoms with E-state index in [0.29, 0.717) is 0 Å². The molecule has 0 bridgehead atoms. The third-order valence-electron chi connectivity index (χ3n) is 4.24. The van der Waals surface area contributed by atoms with Crippen molar-refractivity contribution >= 4 is 0 Å². The number of piperidine rings is 1. The number of aryl methyl sites for hydroxylation is 3. The maximum absolute atomic E-state index is 10.5. The molecule has 1 aliphatic rings. The van der Waals surface area contributed by atoms with E-state index in [1.807, 2.05) is 0 Å². The van der Waals surface area contributed by atoms with Crippen molar-refractivity contribution in [2.75, 3.05) is 19.6 Å². The molecule has 1 aliphatic heterocycles. The molecule has 19 heavy (non-hydrogen) atoms. The van der Waals surface area contributed by atoms with Crippen LogP contribution >= 0.6 is 0 Å². The number of hydrogen-bond donors (Lipinski definition) is 1. The van der Waals surface area contributed by atoms with Gasteiger partial charge in [-0.25, -0.2) is 0 Å². The van der Waals surface area contributed by atoms with Crippen molar-refractivity contribution in [1.82, 2.24) is 4.90 Å². The SMILES string of the molecule is Cc1cc(C)c(C(O)CCN2CCCCC2)c(C)c1. The molecule has 1 N–H and O–H groups in total. The Kier molecular flexibility index (Phi) is 5.00. The molecule has 0 aromatic heterocycles. The minimum absolute atomic E-state index is 0.317. The first-order valence-corrected chi connectivity index (χ1v) is 7.56. The molecule has 2 heteroatoms. The number of aliphatic hydroxyl groups excluding tert-OH is 1. The first kappa shape index (κ1) is 14.5. The number of benzene rings is 1. The number of likely N-dealkylation sites (tertiary alicyclic amines) is 1. The van der Waals surface area contributed by atoms with Crippen LogP contribution in [-0.2, 0) is 0 Å². The Balaban J connectivity index is 1.97. The molecule has 1 saturated heterocycles. The van der Waals surface area contributed by atoms with E-state index in [1.165, 1.54) is 49.0 Å². The Labute approximate surface area is 117 Å². The second-order valence-corrected chi connectivity index (χ2v) is 6.02. The van der Waals surface area contributed by atoms with Gasteiger partial charge in [-0.1, -0.05) is 24.1 Å². The lowest BCUT2D eigenvalue weighted by Gasteiger charge is -2.28. The van der Waals surface area contributed by atoms with Gasteiger partial charge in [0.1, 0.15) is 0 Å². The zero-order chi connectivity index (χ0) is 13.8. The van der Waals surface area contributed by atoms with Gasteiger partial charge in [0.05, 0.1) is 6.10 Å². The number of hydrogen-bond acceptors (Lipinski definition) is 2. The largest absolute Gasteiger partial charge is 0.388 e. The maximum Gasteiger partial charge on any atom is 0.0807 e. The highest BCUT2D eigenvalue weighted by Crippen LogP contribution is 2.26. The van der Waals surface area contributed by atoms with Crippen LogP contribution in [0.3, 0.4) is 0 Å². The van der Waals surface area contributed by atoms with E-state index in [-0.39, 0.29) is 6.10 Å². The molecular formula is C17H27NO. The summed E-state index contributed by atoms with van der Waals surface area (Å²) in [6, 6.07) is 4.35. The summed E-state index contributed by atoms with van der Waals surface area (Å²) < 4.78 is 0. The van der Waals surface area contributed by atoms with Crippen LogP contribution in [0.2, 0.25) is 0 Å². The lowest BCUT2D eigenvalue weighted by atomic mass is 9.94. The second-order valence-electron chi connectivity index (χ2n) is 6.02. The average Bonchev–Trinajstić information content (AvgIpc) is 2.36. The van der Waals surface area contributed by atoms with Crippen molar-refractivity contribution < 1.29 is 5.11 Å². The van der Waals surface area contributed by atoms with Crippen LogP contribution in [0.5, 0.6) is 0 Å². The van der Waals surface area contributed by atoms with E-state index in [4.69, 9.17) is 0 Å². The van der Waals surface area contributed by atoms with Gasteiger partial charge in [-0.2, -0.15) is 0 Å². The van der Waals surface area contributed by atoms with E-state index in [9.17, 15) is 5.11 Å². The van der Waals surface area contributed by atoms with Gasteiger partial charge in [-0.05, 0) is 69.8 Å². The minimum atomic E-state index is -0.317. The van der Waals surface area contributed by atoms with Crippen molar-refractivity contribution in [2.24, 2.45) is 0 Å². The van der Waals surface area contributed by atoms with Crippen molar-refractivity contribution in [2.45, 2.75) is 52.6 Å². The van der Waals surface area contributed by atoms with Crippen LogP contribution in [-0.4, -0.2) is 29.6 Å². The van der Waals surface area contributed by atoms with Gasteiger partial charge in [0.25, 0.3) is 0 Å². The zero-order valence-corrected chi connectivity index (χ0v) is 12.6. The van der Waals surface area contributed by atoms with Crippen molar-refractivity contribution in [3.8, 4) is 0 Å². The Morgan fingerprint density at radius 1 is 1.05 bits per heavy atom. The van der Waals surface area contributed by atoms with Gasteiger partial charge in [0, 0.05) is 6.54 Å². The number of aliphatic hydroxyl groups is 1. The predicted molar refractivity (Wildman–Crippen MR) is 80.5 cm³/mol. The van der Waals surface area contributed by atoms with E-state index >= 15 is 0 Å². The summed E-state index contributed by atoms with van der Waals surface area (Å²) >= 11 is 0. The fraction of sp³-hybridized carbons (Fsp3) is 0.647. The summed E-state index contributed by atoms with van der Waals surface area (Å²) in [6.07, 6.45) is 4.54. The Morgan fingerprint density at radius 2 is 1.63 bits per heavy atom. The highest BCUT2D eigenvalue weighted by Gasteiger charge is 2.16. The summed E-state index contributed by atoms with van der Waals surface area (Å²) in [4.78, 5) is 2.49. The molecule has 1 aromatic rings. The molecule has 0 aliphatic carbocycles. The van der Waals surface area contributed by atoms with Gasteiger partial charge in [-0.15, -0.1) is 0 Å². The molecule has 2 nitrogen and oxygen atoms in total. The first-order valence-electron chi connectivity index (χ1n) is 7.56. The Bertz CT molecular complexity index is 398. The van der Waals surface area contributed by atoms with Crippen LogP contribution in [0.1, 0.15) is 54.0 Å². The summed E-state index contributed by atoms with van der Waals surface area (Å²) in [5.74, 6) is 0. The summed E-state index contributed by atoms with van der Waals surface area (Å²) in [6.45, 7) is 9.77. The topological polar surface area (TPSA) is 23.5 Å². The molecule has 0 spiro atoms. The fourth-order valence-electron chi connectivity index (χ4n) is 3.35. The molecule has 1 unspecified atom stereocenters. The van der Waals surface area contributed by atoms with Gasteiger partial charge < -0.3 is 10.0 Å². The Hall–Kier alpha value is -0.860. The van der Waals surface area contributed by atoms with Crippen LogP contribution in [0.25, 0.3) is 0 Å². The van der Waals surface area contributed by atoms with Crippen LogP contribution in [0.15, 0.2) is 12.1 Å². The normalized spacial score (nSPS) is 18.5. The number of nitrogens with zero attached hydrogens (tertiary/aromatic N) is 1. The van der Waals surface area contributed by atoms with Crippen molar-refractivity contribution in [1.29, 1.82) is 0 Å². The fourth-order valence-corrected chi connectivity index (χ4v) is 3.35. The number of rotatable bonds is 4. The standard InChI is InChI=1S/C17H27NO/c1-13-11-14(2)17(15(3)12-13)16(19)7-10-18-8-5-4-6-9-18/h11-12,16,19H,4-10H2,1-3H3. The minimum Gasteiger partial charge on any atom is -0.388 e. The highest BCUT2D eigenvalue weighted by atomic mass is 16.3. The second kappa shape index (κ2) is 6.53. The zero-order valence-electron chi connectivity index (χ0n) is 12.6. The molecule has 0 saturated carbocycles. The molecule has 1 aromatic carbocycles. The van der Waals surface area contributed by atoms with E-state index in [0.717, 1.165) is 18.5 Å². The first-order chi connectivity index (χ1) is 9.08. The lowest BCUT2D eigenvalue weighted by Crippen LogP contribution is -2.31. The van der Waals surface area contributed by atoms with Crippen LogP contribution in [0.4, 0.5) is 0 Å². The Morgan fingerprint density at radius 3 is 2.21 bits per heavy atom. The van der Waals surface area contributed by atoms with Crippen LogP contribution in [0, 0.1) is 20.8 Å². The summed E-state index contributed by atoms with van der Waals surface area (Å²) in [5, 5.41) is 10.5. The third-order valence-corrected chi connectivity index (χ3v) is 4.24. The predicted octanol–water partition coefficient (Wildman–Crippen LogP) is 3.52. The van der Waals surface area contributed by atoms with Gasteiger partial charge in [0.15, 0.2) is 0 Å². The van der Waals surface area contributed by atoms with Crippen molar-refractivity contribution in [3.05, 3.63) is 34.4 Å². The monoisotopic (exact) mass is 261 g/mol. The van der Waals surface area contributed by atoms with Gasteiger partial charge >= 0.3 is 0 Å². The lowest BCUT2D eigenvalue weighted by molar-refractivity contribution is 0.133. The summed E-state index contributed by atoms with van der Waals surface area (Å²) in [5.41, 5.74) is 4.87. The highest BCUT2D eigenvalue weighted by molar-refractivity contribution is 5.38. The third kappa shape index (κ3) is 3.80. The molecule has 106 valence electrons. The summed E-state index contributed by atoms with van der Waals surface area (Å²) in [7, 11) is 0. The molecule has 1 atom stereocenters. The van der Waals surface area contributed by atoms with Gasteiger partial charge in [-0.3, -0.25) is 0 Å². The average molecular weight is 261 g/mol. The molecule has 0 radical (unpaired) electrons. The van der Waals surface area contributed by atoms with Gasteiger partial charge in [0.2, 0.25) is 0 Å². The molecule has 2 rings (SSSR count). The molecule has 0 amide bonds. The van der Waals surface area contributed by atoms with Crippen molar-refractivity contribution in [3.63, 3.8) is 0 Å². The molecule has 1 fully saturated rings. The molecular weight excluding hydrogens is 234 g/mol.